The third-order valence-corrected chi connectivity index (χ3v) is 7.84. The molecule has 1 aromatic heterocycles. The number of carboxylic acid groups (broad SMARTS) is 1. The molecule has 4 rings (SSSR count). The number of rotatable bonds is 8. The molecule has 0 aliphatic heterocycles. The van der Waals surface area contributed by atoms with Crippen LogP contribution in [0.4, 0.5) is 5.13 Å². The van der Waals surface area contributed by atoms with Crippen molar-refractivity contribution in [1.29, 1.82) is 0 Å². The number of amides is 1. The van der Waals surface area contributed by atoms with Gasteiger partial charge in [0.15, 0.2) is 0 Å². The predicted octanol–water partition coefficient (Wildman–Crippen LogP) is 5.42. The molecule has 1 heterocycles. The average molecular weight is 458 g/mol. The van der Waals surface area contributed by atoms with E-state index in [0.717, 1.165) is 43.5 Å². The van der Waals surface area contributed by atoms with Crippen molar-refractivity contribution in [2.24, 2.45) is 11.8 Å². The summed E-state index contributed by atoms with van der Waals surface area (Å²) in [4.78, 5) is 23.6. The van der Waals surface area contributed by atoms with E-state index in [2.05, 4.69) is 15.5 Å². The van der Waals surface area contributed by atoms with Crippen molar-refractivity contribution in [2.45, 2.75) is 69.8 Å². The van der Waals surface area contributed by atoms with Crippen molar-refractivity contribution in [3.05, 3.63) is 40.4 Å². The smallest absolute Gasteiger partial charge is 0.303 e. The molecule has 2 saturated carbocycles. The van der Waals surface area contributed by atoms with Crippen LogP contribution in [0.15, 0.2) is 24.3 Å². The topological polar surface area (TPSA) is 101 Å². The Morgan fingerprint density at radius 2 is 1.78 bits per heavy atom. The summed E-state index contributed by atoms with van der Waals surface area (Å²) in [6.45, 7) is 0. The second kappa shape index (κ2) is 10.5. The Bertz CT molecular complexity index is 916. The lowest BCUT2D eigenvalue weighted by Gasteiger charge is -2.28. The molecule has 2 N–H and O–H groups in total. The van der Waals surface area contributed by atoms with Crippen LogP contribution in [-0.2, 0) is 9.53 Å². The number of methoxy groups -OCH3 is 1. The second-order valence-electron chi connectivity index (χ2n) is 9.04. The van der Waals surface area contributed by atoms with Gasteiger partial charge in [-0.25, -0.2) is 0 Å². The van der Waals surface area contributed by atoms with Crippen molar-refractivity contribution in [3.8, 4) is 0 Å². The molecule has 0 radical (unpaired) electrons. The zero-order valence-corrected chi connectivity index (χ0v) is 19.3. The van der Waals surface area contributed by atoms with E-state index in [1.807, 2.05) is 24.3 Å². The molecular formula is C24H31N3O4S. The van der Waals surface area contributed by atoms with Crippen LogP contribution in [0.1, 0.15) is 90.7 Å². The molecule has 1 unspecified atom stereocenters. The molecule has 2 aliphatic rings. The molecule has 8 heteroatoms. The molecule has 1 aromatic carbocycles. The number of hydrogen-bond donors (Lipinski definition) is 2. The van der Waals surface area contributed by atoms with E-state index in [-0.39, 0.29) is 24.3 Å². The Labute approximate surface area is 192 Å². The highest BCUT2D eigenvalue weighted by Crippen LogP contribution is 2.39. The van der Waals surface area contributed by atoms with Gasteiger partial charge in [0.1, 0.15) is 11.1 Å². The number of ether oxygens (including phenoxy) is 1. The molecule has 2 aliphatic carbocycles. The number of aliphatic carboxylic acids is 1. The molecule has 0 spiro atoms. The zero-order chi connectivity index (χ0) is 22.5. The fourth-order valence-corrected chi connectivity index (χ4v) is 6.09. The largest absolute Gasteiger partial charge is 0.481 e. The minimum Gasteiger partial charge on any atom is -0.481 e. The van der Waals surface area contributed by atoms with E-state index < -0.39 is 5.97 Å². The van der Waals surface area contributed by atoms with Gasteiger partial charge >= 0.3 is 5.97 Å². The van der Waals surface area contributed by atoms with Crippen molar-refractivity contribution < 1.29 is 19.4 Å². The van der Waals surface area contributed by atoms with Crippen molar-refractivity contribution in [3.63, 3.8) is 0 Å². The first-order valence-corrected chi connectivity index (χ1v) is 12.3. The van der Waals surface area contributed by atoms with Crippen LogP contribution in [0.25, 0.3) is 0 Å². The minimum absolute atomic E-state index is 0.0504. The number of carbonyl (C=O) groups excluding carboxylic acids is 1. The highest BCUT2D eigenvalue weighted by Gasteiger charge is 2.29. The zero-order valence-electron chi connectivity index (χ0n) is 18.5. The molecule has 0 saturated heterocycles. The summed E-state index contributed by atoms with van der Waals surface area (Å²) in [6.07, 6.45) is 8.86. The van der Waals surface area contributed by atoms with Crippen LogP contribution in [-0.4, -0.2) is 34.3 Å². The molecule has 0 bridgehead atoms. The summed E-state index contributed by atoms with van der Waals surface area (Å²) >= 11 is 1.38. The summed E-state index contributed by atoms with van der Waals surface area (Å²) in [7, 11) is 1.71. The number of nitrogens with zero attached hydrogens (tertiary/aromatic N) is 2. The summed E-state index contributed by atoms with van der Waals surface area (Å²) in [5.41, 5.74) is 1.80. The number of carboxylic acids is 1. The van der Waals surface area contributed by atoms with Gasteiger partial charge in [-0.05, 0) is 74.0 Å². The summed E-state index contributed by atoms with van der Waals surface area (Å²) in [6, 6.07) is 7.74. The normalized spacial score (nSPS) is 22.5. The summed E-state index contributed by atoms with van der Waals surface area (Å²) in [5, 5.41) is 21.6. The Hall–Kier alpha value is -2.32. The Morgan fingerprint density at radius 1 is 1.09 bits per heavy atom. The standard InChI is InChI=1S/C24H31N3O4S/c1-31-21(18-4-2-3-5-18)23-26-27-24(32-23)25-22(30)19-12-10-17(11-13-19)16-8-6-15(7-9-16)14-20(28)29/h10-13,15-16,18,21H,2-9,14H2,1H3,(H,28,29)(H,25,27,30)/t15-,16-,21?. The van der Waals surface area contributed by atoms with Gasteiger partial charge in [0.2, 0.25) is 5.13 Å². The van der Waals surface area contributed by atoms with Gasteiger partial charge in [0.25, 0.3) is 5.91 Å². The highest BCUT2D eigenvalue weighted by atomic mass is 32.1. The molecule has 172 valence electrons. The third-order valence-electron chi connectivity index (χ3n) is 6.94. The lowest BCUT2D eigenvalue weighted by Crippen LogP contribution is -2.16. The molecule has 32 heavy (non-hydrogen) atoms. The van der Waals surface area contributed by atoms with E-state index >= 15 is 0 Å². The summed E-state index contributed by atoms with van der Waals surface area (Å²) in [5.74, 6) is 0.298. The number of aromatic nitrogens is 2. The van der Waals surface area contributed by atoms with Gasteiger partial charge in [-0.1, -0.05) is 36.3 Å². The highest BCUT2D eigenvalue weighted by molar-refractivity contribution is 7.15. The number of hydrogen-bond acceptors (Lipinski definition) is 6. The maximum Gasteiger partial charge on any atom is 0.303 e. The van der Waals surface area contributed by atoms with E-state index in [1.54, 1.807) is 7.11 Å². The van der Waals surface area contributed by atoms with Crippen molar-refractivity contribution >= 4 is 28.3 Å². The summed E-state index contributed by atoms with van der Waals surface area (Å²) < 4.78 is 5.69. The maximum absolute atomic E-state index is 12.7. The molecule has 7 nitrogen and oxygen atoms in total. The lowest BCUT2D eigenvalue weighted by molar-refractivity contribution is -0.138. The van der Waals surface area contributed by atoms with Gasteiger partial charge in [-0.15, -0.1) is 10.2 Å². The van der Waals surface area contributed by atoms with Crippen molar-refractivity contribution in [1.82, 2.24) is 10.2 Å². The van der Waals surface area contributed by atoms with E-state index in [0.29, 0.717) is 22.5 Å². The number of benzene rings is 1. The van der Waals surface area contributed by atoms with Gasteiger partial charge in [-0.3, -0.25) is 14.9 Å². The van der Waals surface area contributed by atoms with Gasteiger partial charge in [0, 0.05) is 19.1 Å². The van der Waals surface area contributed by atoms with Crippen LogP contribution in [0, 0.1) is 11.8 Å². The van der Waals surface area contributed by atoms with Gasteiger partial charge < -0.3 is 9.84 Å². The Kier molecular flexibility index (Phi) is 7.52. The number of nitrogens with one attached hydrogen (secondary N) is 1. The van der Waals surface area contributed by atoms with E-state index in [1.165, 1.54) is 29.7 Å². The Balaban J connectivity index is 1.32. The van der Waals surface area contributed by atoms with Gasteiger partial charge in [0.05, 0.1) is 0 Å². The second-order valence-corrected chi connectivity index (χ2v) is 10.0. The molecular weight excluding hydrogens is 426 g/mol. The number of carbonyl (C=O) groups is 2. The van der Waals surface area contributed by atoms with Crippen LogP contribution in [0.2, 0.25) is 0 Å². The van der Waals surface area contributed by atoms with Crippen LogP contribution >= 0.6 is 11.3 Å². The van der Waals surface area contributed by atoms with E-state index in [4.69, 9.17) is 9.84 Å². The average Bonchev–Trinajstić information content (AvgIpc) is 3.48. The fraction of sp³-hybridized carbons (Fsp3) is 0.583. The quantitative estimate of drug-likeness (QED) is 0.549. The molecule has 1 atom stereocenters. The van der Waals surface area contributed by atoms with Crippen LogP contribution in [0.5, 0.6) is 0 Å². The fourth-order valence-electron chi connectivity index (χ4n) is 5.18. The first-order valence-electron chi connectivity index (χ1n) is 11.5. The van der Waals surface area contributed by atoms with Crippen molar-refractivity contribution in [2.75, 3.05) is 12.4 Å². The SMILES string of the molecule is COC(c1nnc(NC(=O)c2ccc([C@H]3CC[C@H](CC(=O)O)CC3)cc2)s1)C1CCCC1. The molecule has 1 amide bonds. The predicted molar refractivity (Wildman–Crippen MR) is 123 cm³/mol. The minimum atomic E-state index is -0.706. The molecule has 2 aromatic rings. The van der Waals surface area contributed by atoms with E-state index in [9.17, 15) is 9.59 Å². The van der Waals surface area contributed by atoms with Gasteiger partial charge in [-0.2, -0.15) is 0 Å². The third kappa shape index (κ3) is 5.53. The Morgan fingerprint density at radius 3 is 2.41 bits per heavy atom. The van der Waals surface area contributed by atoms with Crippen LogP contribution in [0.3, 0.4) is 0 Å². The number of anilines is 1. The first kappa shape index (κ1) is 22.9. The van der Waals surface area contributed by atoms with Crippen LogP contribution < -0.4 is 5.32 Å². The lowest BCUT2D eigenvalue weighted by atomic mass is 9.77. The monoisotopic (exact) mass is 457 g/mol. The maximum atomic E-state index is 12.7. The first-order chi connectivity index (χ1) is 15.5. The molecule has 2 fully saturated rings.